The van der Waals surface area contributed by atoms with Gasteiger partial charge in [0.1, 0.15) is 13.2 Å². The average Bonchev–Trinajstić information content (AvgIpc) is 3.32. The molecule has 0 saturated carbocycles. The van der Waals surface area contributed by atoms with Crippen molar-refractivity contribution in [1.82, 2.24) is 5.32 Å². The molecule has 1 amide bonds. The number of likely N-dealkylation sites (N-methyl/N-ethyl adjacent to an activating group) is 1. The van der Waals surface area contributed by atoms with Gasteiger partial charge in [0.25, 0.3) is 0 Å². The van der Waals surface area contributed by atoms with Crippen molar-refractivity contribution in [2.45, 2.75) is 270 Å². The van der Waals surface area contributed by atoms with Crippen molar-refractivity contribution in [2.75, 3.05) is 40.9 Å². The highest BCUT2D eigenvalue weighted by Gasteiger charge is 2.27. The molecule has 70 heavy (non-hydrogen) atoms. The molecule has 0 aromatic heterocycles. The smallest absolute Gasteiger partial charge is 0.387 e. The van der Waals surface area contributed by atoms with E-state index in [9.17, 15) is 19.4 Å². The van der Waals surface area contributed by atoms with Gasteiger partial charge in [-0.15, -0.1) is 0 Å². The molecule has 0 aliphatic rings. The molecule has 0 saturated heterocycles. The molecule has 0 aliphatic heterocycles. The van der Waals surface area contributed by atoms with E-state index in [0.29, 0.717) is 17.4 Å². The van der Waals surface area contributed by atoms with Crippen molar-refractivity contribution in [3.63, 3.8) is 0 Å². The van der Waals surface area contributed by atoms with E-state index in [4.69, 9.17) is 9.05 Å². The Morgan fingerprint density at radius 3 is 1.26 bits per heavy atom. The molecular weight excluding hydrogens is 888 g/mol. The number of nitrogens with zero attached hydrogens (tertiary/aromatic N) is 1. The second kappa shape index (κ2) is 51.8. The number of carbonyl (C=O) groups is 1. The molecular formula is C61H114N2O6P+. The summed E-state index contributed by atoms with van der Waals surface area (Å²) in [5, 5.41) is 13.9. The number of amides is 1. The molecule has 0 spiro atoms. The third-order valence-corrected chi connectivity index (χ3v) is 13.9. The normalized spacial score (nSPS) is 14.4. The van der Waals surface area contributed by atoms with Crippen LogP contribution in [0.4, 0.5) is 0 Å². The first-order chi connectivity index (χ1) is 34.0. The highest BCUT2D eigenvalue weighted by molar-refractivity contribution is 7.47. The summed E-state index contributed by atoms with van der Waals surface area (Å²) in [5.74, 6) is -0.179. The summed E-state index contributed by atoms with van der Waals surface area (Å²) in [7, 11) is 1.57. The zero-order valence-corrected chi connectivity index (χ0v) is 47.4. The maximum atomic E-state index is 13.0. The predicted molar refractivity (Wildman–Crippen MR) is 304 cm³/mol. The van der Waals surface area contributed by atoms with Gasteiger partial charge in [0.2, 0.25) is 5.91 Å². The van der Waals surface area contributed by atoms with Crippen LogP contribution in [-0.2, 0) is 18.4 Å². The fourth-order valence-corrected chi connectivity index (χ4v) is 9.10. The summed E-state index contributed by atoms with van der Waals surface area (Å²) in [6, 6.07) is -0.851. The number of hydrogen-bond donors (Lipinski definition) is 3. The number of aliphatic hydroxyl groups is 1. The Bertz CT molecular complexity index is 1370. The second-order valence-corrected chi connectivity index (χ2v) is 22.4. The number of nitrogens with one attached hydrogen (secondary N) is 1. The topological polar surface area (TPSA) is 105 Å². The molecule has 3 unspecified atom stereocenters. The Morgan fingerprint density at radius 1 is 0.500 bits per heavy atom. The number of hydrogen-bond acceptors (Lipinski definition) is 5. The van der Waals surface area contributed by atoms with Crippen LogP contribution < -0.4 is 5.32 Å². The molecule has 408 valence electrons. The van der Waals surface area contributed by atoms with Crippen molar-refractivity contribution in [3.8, 4) is 0 Å². The summed E-state index contributed by atoms with van der Waals surface area (Å²) in [5.41, 5.74) is 0. The van der Waals surface area contributed by atoms with Crippen LogP contribution in [-0.4, -0.2) is 73.4 Å². The van der Waals surface area contributed by atoms with Crippen molar-refractivity contribution < 1.29 is 32.9 Å². The van der Waals surface area contributed by atoms with Crippen molar-refractivity contribution in [3.05, 3.63) is 72.9 Å². The minimum Gasteiger partial charge on any atom is -0.387 e. The summed E-state index contributed by atoms with van der Waals surface area (Å²) in [6.07, 6.45) is 71.4. The van der Waals surface area contributed by atoms with E-state index < -0.39 is 20.0 Å². The Hall–Kier alpha value is -2.06. The van der Waals surface area contributed by atoms with Crippen molar-refractivity contribution in [1.29, 1.82) is 0 Å². The van der Waals surface area contributed by atoms with Crippen LogP contribution in [0.1, 0.15) is 258 Å². The van der Waals surface area contributed by atoms with E-state index in [1.54, 1.807) is 6.08 Å². The molecule has 0 radical (unpaired) electrons. The maximum absolute atomic E-state index is 13.0. The number of aliphatic hydroxyl groups excluding tert-OH is 1. The third-order valence-electron chi connectivity index (χ3n) is 12.9. The number of unbranched alkanes of at least 4 members (excludes halogenated alkanes) is 30. The lowest BCUT2D eigenvalue weighted by atomic mass is 10.0. The van der Waals surface area contributed by atoms with E-state index >= 15 is 0 Å². The minimum absolute atomic E-state index is 0.0596. The fraction of sp³-hybridized carbons (Fsp3) is 0.787. The van der Waals surface area contributed by atoms with Crippen LogP contribution in [0.5, 0.6) is 0 Å². The van der Waals surface area contributed by atoms with Crippen LogP contribution in [0.25, 0.3) is 0 Å². The zero-order valence-electron chi connectivity index (χ0n) is 46.5. The highest BCUT2D eigenvalue weighted by Crippen LogP contribution is 2.43. The highest BCUT2D eigenvalue weighted by atomic mass is 31.2. The second-order valence-electron chi connectivity index (χ2n) is 21.0. The van der Waals surface area contributed by atoms with Gasteiger partial charge in [-0.2, -0.15) is 0 Å². The number of phosphoric ester groups is 1. The van der Waals surface area contributed by atoms with Gasteiger partial charge in [-0.25, -0.2) is 4.57 Å². The largest absolute Gasteiger partial charge is 0.472 e. The summed E-state index contributed by atoms with van der Waals surface area (Å²) < 4.78 is 23.7. The Morgan fingerprint density at radius 2 is 0.857 bits per heavy atom. The van der Waals surface area contributed by atoms with Gasteiger partial charge in [-0.05, 0) is 64.2 Å². The van der Waals surface area contributed by atoms with Crippen LogP contribution in [0.2, 0.25) is 0 Å². The van der Waals surface area contributed by atoms with Crippen molar-refractivity contribution >= 4 is 13.7 Å². The van der Waals surface area contributed by atoms with Gasteiger partial charge < -0.3 is 19.8 Å². The number of carbonyl (C=O) groups excluding carboxylic acids is 1. The van der Waals surface area contributed by atoms with Gasteiger partial charge in [0.05, 0.1) is 39.9 Å². The summed E-state index contributed by atoms with van der Waals surface area (Å²) in [4.78, 5) is 23.3. The first-order valence-electron chi connectivity index (χ1n) is 29.3. The van der Waals surface area contributed by atoms with Crippen LogP contribution >= 0.6 is 7.82 Å². The molecule has 3 atom stereocenters. The molecule has 0 fully saturated rings. The molecule has 0 aliphatic carbocycles. The monoisotopic (exact) mass is 1000 g/mol. The lowest BCUT2D eigenvalue weighted by molar-refractivity contribution is -0.870. The Kier molecular flexibility index (Phi) is 50.3. The number of rotatable bonds is 53. The van der Waals surface area contributed by atoms with E-state index in [1.807, 2.05) is 27.2 Å². The van der Waals surface area contributed by atoms with Gasteiger partial charge in [-0.3, -0.25) is 13.8 Å². The van der Waals surface area contributed by atoms with Crippen LogP contribution in [0.3, 0.4) is 0 Å². The number of phosphoric acid groups is 1. The molecule has 9 heteroatoms. The molecule has 0 aromatic rings. The van der Waals surface area contributed by atoms with E-state index in [2.05, 4.69) is 79.9 Å². The third kappa shape index (κ3) is 53.7. The zero-order chi connectivity index (χ0) is 51.3. The predicted octanol–water partition coefficient (Wildman–Crippen LogP) is 17.9. The minimum atomic E-state index is -4.35. The van der Waals surface area contributed by atoms with Crippen LogP contribution in [0.15, 0.2) is 72.9 Å². The van der Waals surface area contributed by atoms with Gasteiger partial charge in [-0.1, -0.05) is 260 Å². The van der Waals surface area contributed by atoms with E-state index in [0.717, 1.165) is 70.6 Å². The fourth-order valence-electron chi connectivity index (χ4n) is 8.36. The standard InChI is InChI=1S/C61H113N2O6P/c1-6-8-10-12-14-16-18-20-22-24-26-27-28-29-30-31-32-33-34-35-37-39-41-43-45-47-49-51-53-55-61(65)62-59(58-69-70(66,67)68-57-56-63(3,4)5)60(64)54-52-50-48-46-44-42-40-38-36-25-23-21-19-17-15-13-11-9-7-2/h8,10,14,16,20,22,26-27,29-30,52,54,59-60,64H,6-7,9,11-13,15,17-19,21,23-25,28,31-51,53,55-58H2,1-5H3,(H-,62,65,66,67)/p+1/b10-8-,16-14-,22-20-,27-26-,30-29-,54-52+. The lowest BCUT2D eigenvalue weighted by Crippen LogP contribution is -2.45. The quantitative estimate of drug-likeness (QED) is 0.0243. The van der Waals surface area contributed by atoms with E-state index in [-0.39, 0.29) is 19.1 Å². The maximum Gasteiger partial charge on any atom is 0.472 e. The van der Waals surface area contributed by atoms with Gasteiger partial charge >= 0.3 is 7.82 Å². The lowest BCUT2D eigenvalue weighted by Gasteiger charge is -2.25. The Labute approximate surface area is 434 Å². The SMILES string of the molecule is CC/C=C\C/C=C\C/C=C\C/C=C\C/C=C\CCCCCCCCCCCCCCCC(=O)NC(COP(=O)(O)OCC[N+](C)(C)C)C(O)/C=C/CCCCCCCCCCCCCCCCCCC. The molecule has 0 rings (SSSR count). The molecule has 3 N–H and O–H groups in total. The number of allylic oxidation sites excluding steroid dienone is 11. The number of quaternary nitrogens is 1. The first kappa shape index (κ1) is 67.9. The Balaban J connectivity index is 4.18. The van der Waals surface area contributed by atoms with Gasteiger partial charge in [0, 0.05) is 6.42 Å². The average molecular weight is 1000 g/mol. The molecule has 0 heterocycles. The molecule has 8 nitrogen and oxygen atoms in total. The molecule has 0 aromatic carbocycles. The summed E-state index contributed by atoms with van der Waals surface area (Å²) in [6.45, 7) is 4.72. The van der Waals surface area contributed by atoms with Crippen molar-refractivity contribution in [2.24, 2.45) is 0 Å². The van der Waals surface area contributed by atoms with Gasteiger partial charge in [0.15, 0.2) is 0 Å². The molecule has 0 bridgehead atoms. The first-order valence-corrected chi connectivity index (χ1v) is 30.8. The summed E-state index contributed by atoms with van der Waals surface area (Å²) >= 11 is 0. The van der Waals surface area contributed by atoms with E-state index in [1.165, 1.54) is 167 Å². The van der Waals surface area contributed by atoms with Crippen LogP contribution in [0, 0.1) is 0 Å².